The van der Waals surface area contributed by atoms with Crippen molar-refractivity contribution in [2.45, 2.75) is 19.4 Å². The first-order valence-corrected chi connectivity index (χ1v) is 6.19. The van der Waals surface area contributed by atoms with E-state index < -0.39 is 0 Å². The number of rotatable bonds is 3. The summed E-state index contributed by atoms with van der Waals surface area (Å²) in [7, 11) is 0. The topological polar surface area (TPSA) is 51.3 Å². The van der Waals surface area contributed by atoms with Gasteiger partial charge in [0.2, 0.25) is 0 Å². The van der Waals surface area contributed by atoms with Crippen LogP contribution in [0, 0.1) is 0 Å². The van der Waals surface area contributed by atoms with Crippen LogP contribution in [0.25, 0.3) is 10.9 Å². The van der Waals surface area contributed by atoms with E-state index in [1.807, 2.05) is 18.2 Å². The summed E-state index contributed by atoms with van der Waals surface area (Å²) in [5, 5.41) is 1.02. The van der Waals surface area contributed by atoms with Gasteiger partial charge >= 0.3 is 5.97 Å². The van der Waals surface area contributed by atoms with Crippen molar-refractivity contribution in [1.29, 1.82) is 0 Å². The highest BCUT2D eigenvalue weighted by atomic mass is 16.5. The predicted octanol–water partition coefficient (Wildman–Crippen LogP) is 2.81. The number of aromatic amines is 1. The Morgan fingerprint density at radius 3 is 3.00 bits per heavy atom. The average molecular weight is 245 g/mol. The van der Waals surface area contributed by atoms with E-state index in [0.717, 1.165) is 23.9 Å². The molecule has 1 atom stereocenters. The molecule has 0 saturated carbocycles. The van der Waals surface area contributed by atoms with Crippen LogP contribution in [0.4, 0.5) is 0 Å². The second-order valence-corrected chi connectivity index (χ2v) is 4.40. The molecular formula is C14H15NO3. The SMILES string of the molecule is CCOC(=O)c1cc2cc(C3CCO3)ccc2[nH]1. The quantitative estimate of drug-likeness (QED) is 0.846. The molecule has 4 nitrogen and oxygen atoms in total. The van der Waals surface area contributed by atoms with Gasteiger partial charge in [-0.05, 0) is 30.7 Å². The molecule has 2 aromatic rings. The fourth-order valence-electron chi connectivity index (χ4n) is 2.17. The summed E-state index contributed by atoms with van der Waals surface area (Å²) in [6.45, 7) is 3.02. The number of carbonyl (C=O) groups excluding carboxylic acids is 1. The number of fused-ring (bicyclic) bond motifs is 1. The van der Waals surface area contributed by atoms with E-state index in [1.54, 1.807) is 6.92 Å². The van der Waals surface area contributed by atoms with Gasteiger partial charge in [0.1, 0.15) is 5.69 Å². The number of hydrogen-bond acceptors (Lipinski definition) is 3. The fourth-order valence-corrected chi connectivity index (χ4v) is 2.17. The minimum absolute atomic E-state index is 0.218. The van der Waals surface area contributed by atoms with Crippen LogP contribution in [0.15, 0.2) is 24.3 Å². The number of nitrogens with one attached hydrogen (secondary N) is 1. The lowest BCUT2D eigenvalue weighted by Crippen LogP contribution is -2.17. The van der Waals surface area contributed by atoms with E-state index in [9.17, 15) is 4.79 Å². The van der Waals surface area contributed by atoms with Crippen LogP contribution in [-0.4, -0.2) is 24.2 Å². The van der Waals surface area contributed by atoms with Gasteiger partial charge in [0.05, 0.1) is 19.3 Å². The largest absolute Gasteiger partial charge is 0.461 e. The minimum atomic E-state index is -0.310. The molecule has 0 spiro atoms. The summed E-state index contributed by atoms with van der Waals surface area (Å²) in [6, 6.07) is 7.92. The summed E-state index contributed by atoms with van der Waals surface area (Å²) >= 11 is 0. The fraction of sp³-hybridized carbons (Fsp3) is 0.357. The summed E-state index contributed by atoms with van der Waals surface area (Å²) in [6.07, 6.45) is 1.29. The van der Waals surface area contributed by atoms with E-state index in [-0.39, 0.29) is 12.1 Å². The molecule has 1 aromatic heterocycles. The van der Waals surface area contributed by atoms with Crippen LogP contribution < -0.4 is 0 Å². The average Bonchev–Trinajstić information content (AvgIpc) is 2.70. The van der Waals surface area contributed by atoms with Gasteiger partial charge in [0.25, 0.3) is 0 Å². The molecule has 1 unspecified atom stereocenters. The monoisotopic (exact) mass is 245 g/mol. The number of ether oxygens (including phenoxy) is 2. The Morgan fingerprint density at radius 2 is 2.33 bits per heavy atom. The maximum atomic E-state index is 11.6. The van der Waals surface area contributed by atoms with Crippen LogP contribution in [0.3, 0.4) is 0 Å². The Kier molecular flexibility index (Phi) is 2.80. The lowest BCUT2D eigenvalue weighted by Gasteiger charge is -2.26. The first-order valence-electron chi connectivity index (χ1n) is 6.19. The second kappa shape index (κ2) is 4.46. The normalized spacial score (nSPS) is 18.6. The molecule has 2 heterocycles. The van der Waals surface area contributed by atoms with Crippen molar-refractivity contribution < 1.29 is 14.3 Å². The van der Waals surface area contributed by atoms with Crippen molar-refractivity contribution in [2.24, 2.45) is 0 Å². The number of hydrogen-bond donors (Lipinski definition) is 1. The van der Waals surface area contributed by atoms with Gasteiger partial charge in [-0.25, -0.2) is 4.79 Å². The third-order valence-electron chi connectivity index (χ3n) is 3.21. The molecule has 0 aliphatic carbocycles. The second-order valence-electron chi connectivity index (χ2n) is 4.40. The summed E-state index contributed by atoms with van der Waals surface area (Å²) in [5.41, 5.74) is 2.61. The Bertz CT molecular complexity index is 584. The molecular weight excluding hydrogens is 230 g/mol. The third-order valence-corrected chi connectivity index (χ3v) is 3.21. The molecule has 1 fully saturated rings. The molecule has 0 amide bonds. The van der Waals surface area contributed by atoms with Crippen LogP contribution in [0.2, 0.25) is 0 Å². The zero-order valence-corrected chi connectivity index (χ0v) is 10.2. The molecule has 1 N–H and O–H groups in total. The lowest BCUT2D eigenvalue weighted by molar-refractivity contribution is -0.0526. The van der Waals surface area contributed by atoms with E-state index in [1.165, 1.54) is 5.56 Å². The molecule has 1 saturated heterocycles. The predicted molar refractivity (Wildman–Crippen MR) is 67.6 cm³/mol. The van der Waals surface area contributed by atoms with Crippen molar-refractivity contribution in [3.63, 3.8) is 0 Å². The van der Waals surface area contributed by atoms with Gasteiger partial charge in [0.15, 0.2) is 0 Å². The minimum Gasteiger partial charge on any atom is -0.461 e. The maximum absolute atomic E-state index is 11.6. The van der Waals surface area contributed by atoms with E-state index in [4.69, 9.17) is 9.47 Å². The molecule has 4 heteroatoms. The third kappa shape index (κ3) is 1.88. The number of esters is 1. The van der Waals surface area contributed by atoms with E-state index in [0.29, 0.717) is 12.3 Å². The van der Waals surface area contributed by atoms with Gasteiger partial charge in [-0.15, -0.1) is 0 Å². The standard InChI is InChI=1S/C14H15NO3/c1-2-17-14(16)12-8-10-7-9(13-5-6-18-13)3-4-11(10)15-12/h3-4,7-8,13,15H,2,5-6H2,1H3. The van der Waals surface area contributed by atoms with Crippen molar-refractivity contribution in [3.05, 3.63) is 35.5 Å². The van der Waals surface area contributed by atoms with E-state index >= 15 is 0 Å². The smallest absolute Gasteiger partial charge is 0.354 e. The first kappa shape index (κ1) is 11.3. The molecule has 0 radical (unpaired) electrons. The highest BCUT2D eigenvalue weighted by Crippen LogP contribution is 2.31. The van der Waals surface area contributed by atoms with Crippen LogP contribution >= 0.6 is 0 Å². The van der Waals surface area contributed by atoms with Crippen molar-refractivity contribution in [1.82, 2.24) is 4.98 Å². The van der Waals surface area contributed by atoms with Crippen molar-refractivity contribution in [2.75, 3.05) is 13.2 Å². The van der Waals surface area contributed by atoms with E-state index in [2.05, 4.69) is 11.1 Å². The molecule has 3 rings (SSSR count). The number of carbonyl (C=O) groups is 1. The highest BCUT2D eigenvalue weighted by molar-refractivity contribution is 5.95. The summed E-state index contributed by atoms with van der Waals surface area (Å²) < 4.78 is 10.4. The lowest BCUT2D eigenvalue weighted by atomic mass is 10.0. The number of benzene rings is 1. The van der Waals surface area contributed by atoms with Crippen LogP contribution in [0.1, 0.15) is 35.5 Å². The highest BCUT2D eigenvalue weighted by Gasteiger charge is 2.20. The Balaban J connectivity index is 1.93. The van der Waals surface area contributed by atoms with Gasteiger partial charge in [-0.3, -0.25) is 0 Å². The van der Waals surface area contributed by atoms with Crippen LogP contribution in [-0.2, 0) is 9.47 Å². The first-order chi connectivity index (χ1) is 8.78. The number of H-pyrrole nitrogens is 1. The zero-order valence-electron chi connectivity index (χ0n) is 10.2. The maximum Gasteiger partial charge on any atom is 0.354 e. The Labute approximate surface area is 105 Å². The van der Waals surface area contributed by atoms with Crippen molar-refractivity contribution in [3.8, 4) is 0 Å². The molecule has 94 valence electrons. The van der Waals surface area contributed by atoms with Crippen molar-refractivity contribution >= 4 is 16.9 Å². The Hall–Kier alpha value is -1.81. The zero-order chi connectivity index (χ0) is 12.5. The van der Waals surface area contributed by atoms with Gasteiger partial charge in [-0.2, -0.15) is 0 Å². The van der Waals surface area contributed by atoms with Crippen LogP contribution in [0.5, 0.6) is 0 Å². The summed E-state index contributed by atoms with van der Waals surface area (Å²) in [5.74, 6) is -0.310. The summed E-state index contributed by atoms with van der Waals surface area (Å²) in [4.78, 5) is 14.7. The molecule has 0 bridgehead atoms. The Morgan fingerprint density at radius 1 is 1.50 bits per heavy atom. The molecule has 1 aromatic carbocycles. The molecule has 1 aliphatic rings. The molecule has 1 aliphatic heterocycles. The van der Waals surface area contributed by atoms with Gasteiger partial charge in [0, 0.05) is 17.3 Å². The van der Waals surface area contributed by atoms with Gasteiger partial charge < -0.3 is 14.5 Å². The van der Waals surface area contributed by atoms with Gasteiger partial charge in [-0.1, -0.05) is 6.07 Å². The molecule has 18 heavy (non-hydrogen) atoms. The number of aromatic nitrogens is 1.